The SMILES string of the molecule is C=C(/N=C(N)\C=C(/C)C(C)(C)C)Nc1ccc(C(=C)NC(C)c2ccccc2)cc1. The van der Waals surface area contributed by atoms with Crippen LogP contribution in [-0.4, -0.2) is 5.84 Å². The minimum Gasteiger partial charge on any atom is -0.384 e. The van der Waals surface area contributed by atoms with Crippen LogP contribution in [0.5, 0.6) is 0 Å². The van der Waals surface area contributed by atoms with E-state index in [1.54, 1.807) is 0 Å². The Morgan fingerprint density at radius 2 is 1.63 bits per heavy atom. The van der Waals surface area contributed by atoms with E-state index in [-0.39, 0.29) is 11.5 Å². The molecule has 0 amide bonds. The number of rotatable bonds is 8. The summed E-state index contributed by atoms with van der Waals surface area (Å²) >= 11 is 0. The van der Waals surface area contributed by atoms with Crippen molar-refractivity contribution < 1.29 is 0 Å². The van der Waals surface area contributed by atoms with E-state index in [4.69, 9.17) is 5.73 Å². The Morgan fingerprint density at radius 3 is 2.20 bits per heavy atom. The molecule has 0 radical (unpaired) electrons. The second kappa shape index (κ2) is 9.97. The van der Waals surface area contributed by atoms with Crippen molar-refractivity contribution in [1.29, 1.82) is 0 Å². The largest absolute Gasteiger partial charge is 0.384 e. The van der Waals surface area contributed by atoms with Crippen LogP contribution in [0.25, 0.3) is 5.70 Å². The molecule has 0 spiro atoms. The van der Waals surface area contributed by atoms with Gasteiger partial charge in [-0.25, -0.2) is 4.99 Å². The molecule has 0 fully saturated rings. The smallest absolute Gasteiger partial charge is 0.125 e. The quantitative estimate of drug-likeness (QED) is 0.362. The molecule has 158 valence electrons. The summed E-state index contributed by atoms with van der Waals surface area (Å²) in [6, 6.07) is 18.5. The number of nitrogens with two attached hydrogens (primary N) is 1. The first-order valence-electron chi connectivity index (χ1n) is 10.2. The molecule has 30 heavy (non-hydrogen) atoms. The number of nitrogens with one attached hydrogen (secondary N) is 2. The number of amidine groups is 1. The fraction of sp³-hybridized carbons (Fsp3) is 0.269. The maximum absolute atomic E-state index is 6.04. The normalized spacial score (nSPS) is 13.5. The van der Waals surface area contributed by atoms with Crippen LogP contribution in [0.3, 0.4) is 0 Å². The van der Waals surface area contributed by atoms with E-state index in [1.165, 1.54) is 5.56 Å². The maximum atomic E-state index is 6.04. The minimum atomic E-state index is 0.0547. The maximum Gasteiger partial charge on any atom is 0.125 e. The number of allylic oxidation sites excluding steroid dienone is 1. The summed E-state index contributed by atoms with van der Waals surface area (Å²) in [5, 5.41) is 6.63. The molecule has 0 aliphatic carbocycles. The van der Waals surface area contributed by atoms with Crippen molar-refractivity contribution in [2.45, 2.75) is 40.7 Å². The molecular weight excluding hydrogens is 368 g/mol. The Morgan fingerprint density at radius 1 is 1.03 bits per heavy atom. The van der Waals surface area contributed by atoms with Crippen LogP contribution in [0.4, 0.5) is 5.69 Å². The molecule has 0 aliphatic rings. The average Bonchev–Trinajstić information content (AvgIpc) is 2.68. The topological polar surface area (TPSA) is 62.4 Å². The summed E-state index contributed by atoms with van der Waals surface area (Å²) in [4.78, 5) is 4.34. The highest BCUT2D eigenvalue weighted by Crippen LogP contribution is 2.24. The molecule has 0 heterocycles. The Bertz CT molecular complexity index is 929. The Labute approximate surface area is 181 Å². The predicted molar refractivity (Wildman–Crippen MR) is 131 cm³/mol. The van der Waals surface area contributed by atoms with Crippen molar-refractivity contribution >= 4 is 17.2 Å². The predicted octanol–water partition coefficient (Wildman–Crippen LogP) is 6.24. The van der Waals surface area contributed by atoms with Gasteiger partial charge in [-0.15, -0.1) is 0 Å². The van der Waals surface area contributed by atoms with Crippen molar-refractivity contribution in [2.75, 3.05) is 5.32 Å². The van der Waals surface area contributed by atoms with Crippen molar-refractivity contribution in [2.24, 2.45) is 16.1 Å². The summed E-state index contributed by atoms with van der Waals surface area (Å²) in [7, 11) is 0. The van der Waals surface area contributed by atoms with Gasteiger partial charge in [0.25, 0.3) is 0 Å². The van der Waals surface area contributed by atoms with E-state index in [0.29, 0.717) is 11.7 Å². The lowest BCUT2D eigenvalue weighted by Crippen LogP contribution is -2.16. The highest BCUT2D eigenvalue weighted by molar-refractivity contribution is 5.93. The first-order valence-corrected chi connectivity index (χ1v) is 10.2. The molecule has 0 saturated heterocycles. The fourth-order valence-electron chi connectivity index (χ4n) is 2.75. The molecule has 0 saturated carbocycles. The van der Waals surface area contributed by atoms with Crippen LogP contribution in [0, 0.1) is 5.41 Å². The number of hydrogen-bond acceptors (Lipinski definition) is 3. The van der Waals surface area contributed by atoms with E-state index in [2.05, 4.69) is 75.5 Å². The summed E-state index contributed by atoms with van der Waals surface area (Å²) in [6.07, 6.45) is 1.89. The molecule has 2 aromatic rings. The minimum absolute atomic E-state index is 0.0547. The zero-order valence-electron chi connectivity index (χ0n) is 18.8. The van der Waals surface area contributed by atoms with E-state index in [9.17, 15) is 0 Å². The number of benzene rings is 2. The van der Waals surface area contributed by atoms with Gasteiger partial charge < -0.3 is 16.4 Å². The van der Waals surface area contributed by atoms with E-state index in [0.717, 1.165) is 22.5 Å². The molecule has 0 aromatic heterocycles. The summed E-state index contributed by atoms with van der Waals surface area (Å²) in [6.45, 7) is 18.7. The van der Waals surface area contributed by atoms with Gasteiger partial charge >= 0.3 is 0 Å². The van der Waals surface area contributed by atoms with Crippen LogP contribution in [0.15, 0.2) is 90.2 Å². The third-order valence-corrected chi connectivity index (χ3v) is 5.02. The fourth-order valence-corrected chi connectivity index (χ4v) is 2.75. The monoisotopic (exact) mass is 402 g/mol. The number of nitrogens with zero attached hydrogens (tertiary/aromatic N) is 1. The number of aliphatic imine (C=N–C) groups is 1. The molecule has 4 heteroatoms. The summed E-state index contributed by atoms with van der Waals surface area (Å²) < 4.78 is 0. The average molecular weight is 403 g/mol. The van der Waals surface area contributed by atoms with E-state index >= 15 is 0 Å². The van der Waals surface area contributed by atoms with Crippen molar-refractivity contribution in [3.05, 3.63) is 96.4 Å². The van der Waals surface area contributed by atoms with Gasteiger partial charge in [-0.3, -0.25) is 0 Å². The van der Waals surface area contributed by atoms with Gasteiger partial charge in [0.1, 0.15) is 11.7 Å². The second-order valence-electron chi connectivity index (χ2n) is 8.52. The van der Waals surface area contributed by atoms with Gasteiger partial charge in [0.05, 0.1) is 0 Å². The molecule has 4 N–H and O–H groups in total. The standard InChI is InChI=1S/C26H34N4/c1-18(26(5,6)7)17-25(27)30-21(4)29-24-15-13-23(14-16-24)20(3)28-19(2)22-11-9-8-10-12-22/h8-17,19,28-29H,3-4H2,1-2,5-7H3,(H2,27,30)/b18-17+. The summed E-state index contributed by atoms with van der Waals surface area (Å²) in [5.41, 5.74) is 11.3. The van der Waals surface area contributed by atoms with Crippen molar-refractivity contribution in [3.63, 3.8) is 0 Å². The third kappa shape index (κ3) is 6.96. The lowest BCUT2D eigenvalue weighted by atomic mass is 9.87. The molecular formula is C26H34N4. The second-order valence-corrected chi connectivity index (χ2v) is 8.52. The molecule has 0 bridgehead atoms. The van der Waals surface area contributed by atoms with Crippen LogP contribution in [-0.2, 0) is 0 Å². The van der Waals surface area contributed by atoms with Gasteiger partial charge in [-0.1, -0.05) is 82.0 Å². The molecule has 1 unspecified atom stereocenters. The van der Waals surface area contributed by atoms with Crippen LogP contribution in [0.2, 0.25) is 0 Å². The van der Waals surface area contributed by atoms with Crippen LogP contribution >= 0.6 is 0 Å². The Balaban J connectivity index is 1.97. The first kappa shape index (κ1) is 23.0. The highest BCUT2D eigenvalue weighted by atomic mass is 15.1. The van der Waals surface area contributed by atoms with Crippen LogP contribution < -0.4 is 16.4 Å². The highest BCUT2D eigenvalue weighted by Gasteiger charge is 2.12. The van der Waals surface area contributed by atoms with Gasteiger partial charge in [0, 0.05) is 17.4 Å². The number of anilines is 1. The van der Waals surface area contributed by atoms with Gasteiger partial charge in [-0.05, 0) is 48.6 Å². The van der Waals surface area contributed by atoms with E-state index < -0.39 is 0 Å². The van der Waals surface area contributed by atoms with Gasteiger partial charge in [0.2, 0.25) is 0 Å². The zero-order chi connectivity index (χ0) is 22.3. The van der Waals surface area contributed by atoms with Gasteiger partial charge in [0.15, 0.2) is 0 Å². The molecule has 4 nitrogen and oxygen atoms in total. The molecule has 2 rings (SSSR count). The zero-order valence-corrected chi connectivity index (χ0v) is 18.8. The Kier molecular flexibility index (Phi) is 7.65. The molecule has 0 aliphatic heterocycles. The third-order valence-electron chi connectivity index (χ3n) is 5.02. The number of hydrogen-bond donors (Lipinski definition) is 3. The first-order chi connectivity index (χ1) is 14.1. The van der Waals surface area contributed by atoms with Crippen molar-refractivity contribution in [3.8, 4) is 0 Å². The molecule has 1 atom stereocenters. The lowest BCUT2D eigenvalue weighted by Gasteiger charge is -2.19. The molecule has 2 aromatic carbocycles. The van der Waals surface area contributed by atoms with Gasteiger partial charge in [-0.2, -0.15) is 0 Å². The van der Waals surface area contributed by atoms with Crippen molar-refractivity contribution in [1.82, 2.24) is 5.32 Å². The lowest BCUT2D eigenvalue weighted by molar-refractivity contribution is 0.504. The van der Waals surface area contributed by atoms with E-state index in [1.807, 2.05) is 48.5 Å². The summed E-state index contributed by atoms with van der Waals surface area (Å²) in [5.74, 6) is 0.928. The van der Waals surface area contributed by atoms with Crippen LogP contribution in [0.1, 0.15) is 51.8 Å². The Hall–Kier alpha value is -3.27.